The van der Waals surface area contributed by atoms with Crippen LogP contribution in [0.4, 0.5) is 5.69 Å². The fraction of sp³-hybridized carbons (Fsp3) is 0.370. The van der Waals surface area contributed by atoms with Crippen molar-refractivity contribution in [3.63, 3.8) is 0 Å². The number of aliphatic hydroxyl groups is 2. The second-order valence-corrected chi connectivity index (χ2v) is 10.5. The number of nitrogens with one attached hydrogen (secondary N) is 1. The van der Waals surface area contributed by atoms with Gasteiger partial charge in [-0.1, -0.05) is 43.0 Å². The van der Waals surface area contributed by atoms with E-state index < -0.39 is 12.6 Å². The summed E-state index contributed by atoms with van der Waals surface area (Å²) in [5, 5.41) is 38.1. The largest absolute Gasteiger partial charge is 0.454 e. The molecule has 192 valence electrons. The van der Waals surface area contributed by atoms with Crippen LogP contribution in [-0.2, 0) is 0 Å². The zero-order valence-electron chi connectivity index (χ0n) is 20.4. The summed E-state index contributed by atoms with van der Waals surface area (Å²) in [5.41, 5.74) is 3.32. The van der Waals surface area contributed by atoms with E-state index in [1.807, 2.05) is 18.2 Å². The molecule has 5 rings (SSSR count). The maximum absolute atomic E-state index is 10.2. The van der Waals surface area contributed by atoms with E-state index in [0.717, 1.165) is 33.1 Å². The van der Waals surface area contributed by atoms with E-state index in [0.29, 0.717) is 17.4 Å². The van der Waals surface area contributed by atoms with Gasteiger partial charge in [-0.2, -0.15) is 10.4 Å². The van der Waals surface area contributed by atoms with Gasteiger partial charge in [0, 0.05) is 17.0 Å². The third-order valence-corrected chi connectivity index (χ3v) is 7.60. The lowest BCUT2D eigenvalue weighted by Crippen LogP contribution is -2.55. The number of rotatable bonds is 4. The van der Waals surface area contributed by atoms with E-state index in [2.05, 4.69) is 30.3 Å². The first kappa shape index (κ1) is 25.7. The molecule has 2 aromatic carbocycles. The van der Waals surface area contributed by atoms with Crippen LogP contribution in [0.1, 0.15) is 49.8 Å². The van der Waals surface area contributed by atoms with Crippen LogP contribution in [0, 0.1) is 24.2 Å². The number of aryl methyl sites for hydroxylation is 1. The van der Waals surface area contributed by atoms with E-state index in [-0.39, 0.29) is 21.5 Å². The van der Waals surface area contributed by atoms with Gasteiger partial charge in [0.1, 0.15) is 11.8 Å². The van der Waals surface area contributed by atoms with Crippen LogP contribution < -0.4 is 15.1 Å². The van der Waals surface area contributed by atoms with Gasteiger partial charge in [0.05, 0.1) is 21.2 Å². The van der Waals surface area contributed by atoms with Gasteiger partial charge >= 0.3 is 0 Å². The molecule has 0 amide bonds. The quantitative estimate of drug-likeness (QED) is 0.382. The van der Waals surface area contributed by atoms with Crippen molar-refractivity contribution in [1.82, 2.24) is 10.3 Å². The Morgan fingerprint density at radius 3 is 2.46 bits per heavy atom. The van der Waals surface area contributed by atoms with Gasteiger partial charge in [0.25, 0.3) is 0 Å². The molecule has 2 aliphatic rings. The minimum Gasteiger partial charge on any atom is -0.454 e. The van der Waals surface area contributed by atoms with Gasteiger partial charge in [0.2, 0.25) is 6.35 Å². The highest BCUT2D eigenvalue weighted by molar-refractivity contribution is 6.37. The number of aromatic nitrogens is 1. The molecule has 8 nitrogen and oxygen atoms in total. The second-order valence-electron chi connectivity index (χ2n) is 9.72. The number of fused-ring (bicyclic) bond motifs is 1. The smallest absolute Gasteiger partial charge is 0.206 e. The Kier molecular flexibility index (Phi) is 7.26. The van der Waals surface area contributed by atoms with Crippen molar-refractivity contribution in [3.8, 4) is 17.6 Å². The van der Waals surface area contributed by atoms with E-state index in [4.69, 9.17) is 38.2 Å². The zero-order valence-corrected chi connectivity index (χ0v) is 22.0. The zero-order chi connectivity index (χ0) is 26.3. The maximum Gasteiger partial charge on any atom is 0.206 e. The Morgan fingerprint density at radius 2 is 1.78 bits per heavy atom. The lowest BCUT2D eigenvalue weighted by Gasteiger charge is -2.32. The Hall–Kier alpha value is -2.93. The average Bonchev–Trinajstić information content (AvgIpc) is 2.87. The molecule has 37 heavy (non-hydrogen) atoms. The Balaban J connectivity index is 1.41. The molecule has 1 saturated carbocycles. The van der Waals surface area contributed by atoms with Crippen LogP contribution in [0.3, 0.4) is 0 Å². The standard InChI is InChI=1S/C27H27Cl2N5O3/c1-14-3-5-16(6-4-14)23-9-15(2)19-12-18(7-8-22(19)31-23)37-25-20(28)10-17(11-21(25)29)34-27(36)32-26(35)24(13-30)33-34/h7-12,14,16,26-27,32,35-36H,3-6H2,1-2H3. The predicted octanol–water partition coefficient (Wildman–Crippen LogP) is 5.82. The molecule has 0 bridgehead atoms. The van der Waals surface area contributed by atoms with Crippen LogP contribution in [0.25, 0.3) is 10.9 Å². The van der Waals surface area contributed by atoms with Crippen LogP contribution in [-0.4, -0.2) is 33.5 Å². The molecule has 1 aromatic heterocycles. The average molecular weight is 540 g/mol. The van der Waals surface area contributed by atoms with Crippen LogP contribution in [0.5, 0.6) is 11.5 Å². The summed E-state index contributed by atoms with van der Waals surface area (Å²) in [7, 11) is 0. The first-order valence-electron chi connectivity index (χ1n) is 12.2. The predicted molar refractivity (Wildman–Crippen MR) is 144 cm³/mol. The number of nitriles is 1. The number of hydrazone groups is 1. The summed E-state index contributed by atoms with van der Waals surface area (Å²) < 4.78 is 6.07. The van der Waals surface area contributed by atoms with E-state index in [1.165, 1.54) is 37.8 Å². The summed E-state index contributed by atoms with van der Waals surface area (Å²) in [5.74, 6) is 2.11. The SMILES string of the molecule is Cc1cc(C2CCC(C)CC2)nc2ccc(Oc3c(Cl)cc(N4N=C(C#N)C(O)NC4O)cc3Cl)cc12. The van der Waals surface area contributed by atoms with Crippen molar-refractivity contribution in [3.05, 3.63) is 57.7 Å². The summed E-state index contributed by atoms with van der Waals surface area (Å²) in [6.45, 7) is 4.41. The van der Waals surface area contributed by atoms with Crippen molar-refractivity contribution in [2.75, 3.05) is 5.01 Å². The summed E-state index contributed by atoms with van der Waals surface area (Å²) in [6.07, 6.45) is 2.10. The van der Waals surface area contributed by atoms with Crippen LogP contribution in [0.2, 0.25) is 10.0 Å². The van der Waals surface area contributed by atoms with Gasteiger partial charge in [0.15, 0.2) is 17.7 Å². The van der Waals surface area contributed by atoms with Crippen molar-refractivity contribution >= 4 is 45.5 Å². The number of anilines is 1. The Labute approximate surface area is 225 Å². The van der Waals surface area contributed by atoms with Crippen molar-refractivity contribution in [2.24, 2.45) is 11.0 Å². The van der Waals surface area contributed by atoms with E-state index in [1.54, 1.807) is 6.07 Å². The van der Waals surface area contributed by atoms with Crippen LogP contribution in [0.15, 0.2) is 41.5 Å². The topological polar surface area (TPSA) is 114 Å². The number of ether oxygens (including phenoxy) is 1. The second kappa shape index (κ2) is 10.4. The van der Waals surface area contributed by atoms with E-state index >= 15 is 0 Å². The van der Waals surface area contributed by atoms with Crippen molar-refractivity contribution in [1.29, 1.82) is 5.26 Å². The highest BCUT2D eigenvalue weighted by Crippen LogP contribution is 2.41. The number of nitrogens with zero attached hydrogens (tertiary/aromatic N) is 4. The molecule has 2 atom stereocenters. The van der Waals surface area contributed by atoms with Gasteiger partial charge in [-0.25, -0.2) is 10.3 Å². The highest BCUT2D eigenvalue weighted by atomic mass is 35.5. The number of halogens is 2. The molecule has 1 aliphatic heterocycles. The van der Waals surface area contributed by atoms with Gasteiger partial charge in [-0.05, 0) is 67.6 Å². The molecule has 3 aromatic rings. The van der Waals surface area contributed by atoms with Gasteiger partial charge < -0.3 is 14.9 Å². The van der Waals surface area contributed by atoms with Crippen LogP contribution >= 0.6 is 23.2 Å². The number of pyridine rings is 1. The van der Waals surface area contributed by atoms with E-state index in [9.17, 15) is 10.2 Å². The lowest BCUT2D eigenvalue weighted by molar-refractivity contribution is 0.0631. The molecule has 2 heterocycles. The number of hydrogen-bond donors (Lipinski definition) is 3. The van der Waals surface area contributed by atoms with Crippen molar-refractivity contribution < 1.29 is 14.9 Å². The lowest BCUT2D eigenvalue weighted by atomic mass is 9.81. The fourth-order valence-corrected chi connectivity index (χ4v) is 5.47. The summed E-state index contributed by atoms with van der Waals surface area (Å²) in [4.78, 5) is 4.96. The van der Waals surface area contributed by atoms with Crippen molar-refractivity contribution in [2.45, 2.75) is 58.0 Å². The number of benzene rings is 2. The summed E-state index contributed by atoms with van der Waals surface area (Å²) >= 11 is 13.0. The third kappa shape index (κ3) is 5.24. The molecule has 1 aliphatic carbocycles. The van der Waals surface area contributed by atoms with Gasteiger partial charge in [-0.3, -0.25) is 4.98 Å². The normalized spacial score (nSPS) is 24.0. The molecule has 1 fully saturated rings. The Morgan fingerprint density at radius 1 is 1.08 bits per heavy atom. The monoisotopic (exact) mass is 539 g/mol. The Bertz CT molecular complexity index is 1390. The third-order valence-electron chi connectivity index (χ3n) is 7.04. The molecule has 3 N–H and O–H groups in total. The maximum atomic E-state index is 10.2. The fourth-order valence-electron chi connectivity index (χ4n) is 4.92. The summed E-state index contributed by atoms with van der Waals surface area (Å²) in [6, 6.07) is 12.7. The molecule has 2 unspecified atom stereocenters. The molecular weight excluding hydrogens is 513 g/mol. The molecule has 10 heteroatoms. The molecular formula is C27H27Cl2N5O3. The highest BCUT2D eigenvalue weighted by Gasteiger charge is 2.29. The number of aliphatic hydroxyl groups excluding tert-OH is 2. The van der Waals surface area contributed by atoms with Gasteiger partial charge in [-0.15, -0.1) is 0 Å². The molecule has 0 spiro atoms. The first-order chi connectivity index (χ1) is 17.7. The molecule has 0 saturated heterocycles. The minimum atomic E-state index is -1.39. The molecule has 0 radical (unpaired) electrons. The first-order valence-corrected chi connectivity index (χ1v) is 13.0. The number of hydrogen-bond acceptors (Lipinski definition) is 8. The minimum absolute atomic E-state index is 0.186.